The highest BCUT2D eigenvalue weighted by atomic mass is 16.5. The Labute approximate surface area is 171 Å². The number of aromatic nitrogens is 4. The van der Waals surface area contributed by atoms with Crippen molar-refractivity contribution in [2.24, 2.45) is 0 Å². The second-order valence-corrected chi connectivity index (χ2v) is 6.74. The number of ether oxygens (including phenoxy) is 1. The lowest BCUT2D eigenvalue weighted by molar-refractivity contribution is -0.0458. The van der Waals surface area contributed by atoms with Crippen LogP contribution in [0.3, 0.4) is 0 Å². The first-order chi connectivity index (χ1) is 14.5. The van der Waals surface area contributed by atoms with E-state index < -0.39 is 24.1 Å². The van der Waals surface area contributed by atoms with Gasteiger partial charge in [-0.3, -0.25) is 14.5 Å². The average molecular weight is 405 g/mol. The van der Waals surface area contributed by atoms with Crippen molar-refractivity contribution in [3.63, 3.8) is 0 Å². The van der Waals surface area contributed by atoms with Crippen molar-refractivity contribution in [1.29, 1.82) is 0 Å². The third kappa shape index (κ3) is 4.06. The molecule has 3 aromatic rings. The molecule has 3 aromatic heterocycles. The van der Waals surface area contributed by atoms with E-state index >= 15 is 0 Å². The fraction of sp³-hybridized carbons (Fsp3) is 0.238. The van der Waals surface area contributed by atoms with Gasteiger partial charge in [-0.05, 0) is 24.3 Å². The number of anilines is 1. The van der Waals surface area contributed by atoms with E-state index in [0.717, 1.165) is 11.4 Å². The highest BCUT2D eigenvalue weighted by molar-refractivity contribution is 5.56. The molecule has 30 heavy (non-hydrogen) atoms. The Balaban J connectivity index is 1.59. The van der Waals surface area contributed by atoms with Crippen LogP contribution < -0.4 is 11.4 Å². The number of hydrogen-bond acceptors (Lipinski definition) is 8. The van der Waals surface area contributed by atoms with Crippen molar-refractivity contribution in [1.82, 2.24) is 19.5 Å². The number of nitrogen functional groups attached to an aromatic ring is 1. The maximum absolute atomic E-state index is 12.2. The lowest BCUT2D eigenvalue weighted by atomic mass is 10.2. The Kier molecular flexibility index (Phi) is 5.54. The quantitative estimate of drug-likeness (QED) is 0.530. The molecular weight excluding hydrogens is 386 g/mol. The van der Waals surface area contributed by atoms with Gasteiger partial charge in [0.25, 0.3) is 0 Å². The van der Waals surface area contributed by atoms with Gasteiger partial charge in [-0.1, -0.05) is 17.9 Å². The third-order valence-corrected chi connectivity index (χ3v) is 4.71. The number of aliphatic hydroxyl groups excluding tert-OH is 2. The molecule has 152 valence electrons. The summed E-state index contributed by atoms with van der Waals surface area (Å²) in [5, 5.41) is 19.1. The molecule has 4 rings (SSSR count). The van der Waals surface area contributed by atoms with E-state index in [4.69, 9.17) is 10.5 Å². The largest absolute Gasteiger partial charge is 0.394 e. The van der Waals surface area contributed by atoms with Crippen LogP contribution in [-0.2, 0) is 4.74 Å². The van der Waals surface area contributed by atoms with Gasteiger partial charge >= 0.3 is 5.69 Å². The molecule has 0 amide bonds. The van der Waals surface area contributed by atoms with Gasteiger partial charge in [-0.25, -0.2) is 4.79 Å². The molecule has 0 radical (unpaired) electrons. The van der Waals surface area contributed by atoms with Crippen molar-refractivity contribution in [3.8, 4) is 23.2 Å². The number of aliphatic hydroxyl groups is 2. The van der Waals surface area contributed by atoms with Crippen molar-refractivity contribution < 1.29 is 14.9 Å². The summed E-state index contributed by atoms with van der Waals surface area (Å²) in [6, 6.07) is 9.22. The van der Waals surface area contributed by atoms with E-state index in [-0.39, 0.29) is 18.8 Å². The summed E-state index contributed by atoms with van der Waals surface area (Å²) >= 11 is 0. The van der Waals surface area contributed by atoms with E-state index in [2.05, 4.69) is 26.8 Å². The summed E-state index contributed by atoms with van der Waals surface area (Å²) in [6.07, 6.45) is 2.55. The molecule has 1 fully saturated rings. The molecule has 0 spiro atoms. The zero-order chi connectivity index (χ0) is 21.1. The second kappa shape index (κ2) is 8.42. The molecule has 0 aliphatic carbocycles. The van der Waals surface area contributed by atoms with Crippen molar-refractivity contribution >= 4 is 5.82 Å². The van der Waals surface area contributed by atoms with E-state index in [1.807, 2.05) is 30.3 Å². The zero-order valence-corrected chi connectivity index (χ0v) is 15.8. The summed E-state index contributed by atoms with van der Waals surface area (Å²) in [6.45, 7) is -0.344. The van der Waals surface area contributed by atoms with Crippen LogP contribution in [0.2, 0.25) is 0 Å². The van der Waals surface area contributed by atoms with Crippen molar-refractivity contribution in [2.45, 2.75) is 24.9 Å². The van der Waals surface area contributed by atoms with Crippen LogP contribution in [0.5, 0.6) is 0 Å². The van der Waals surface area contributed by atoms with Gasteiger partial charge in [-0.2, -0.15) is 4.98 Å². The third-order valence-electron chi connectivity index (χ3n) is 4.71. The minimum Gasteiger partial charge on any atom is -0.394 e. The topological polar surface area (TPSA) is 136 Å². The van der Waals surface area contributed by atoms with Crippen LogP contribution in [-0.4, -0.2) is 48.5 Å². The Morgan fingerprint density at radius 1 is 1.20 bits per heavy atom. The molecule has 0 saturated carbocycles. The smallest absolute Gasteiger partial charge is 0.351 e. The standard InChI is InChI=1S/C21H19N5O4/c22-20-14(11-26(21(29)25-20)19-9-17(28)18(12-27)30-19)6-4-13-5-7-16(24-10-13)15-3-1-2-8-23-15/h1-3,5,7-8,10-11,17-19,27-28H,9,12H2,(H2,22,25,29)/t17-,18-,19-/m1/s1. The lowest BCUT2D eigenvalue weighted by Crippen LogP contribution is -2.28. The Morgan fingerprint density at radius 2 is 2.03 bits per heavy atom. The minimum atomic E-state index is -0.873. The highest BCUT2D eigenvalue weighted by Gasteiger charge is 2.35. The van der Waals surface area contributed by atoms with E-state index in [0.29, 0.717) is 11.1 Å². The normalized spacial score (nSPS) is 20.5. The molecule has 1 saturated heterocycles. The summed E-state index contributed by atoms with van der Waals surface area (Å²) < 4.78 is 6.74. The maximum Gasteiger partial charge on any atom is 0.351 e. The molecule has 0 bridgehead atoms. The van der Waals surface area contributed by atoms with Crippen molar-refractivity contribution in [2.75, 3.05) is 12.3 Å². The van der Waals surface area contributed by atoms with Crippen LogP contribution in [0.1, 0.15) is 23.8 Å². The van der Waals surface area contributed by atoms with E-state index in [1.54, 1.807) is 12.4 Å². The van der Waals surface area contributed by atoms with Gasteiger partial charge in [0.05, 0.1) is 29.7 Å². The molecule has 0 unspecified atom stereocenters. The lowest BCUT2D eigenvalue weighted by Gasteiger charge is -2.14. The van der Waals surface area contributed by atoms with Gasteiger partial charge in [0, 0.05) is 30.6 Å². The molecular formula is C21H19N5O4. The summed E-state index contributed by atoms with van der Waals surface area (Å²) in [5.41, 5.74) is 7.72. The van der Waals surface area contributed by atoms with Crippen LogP contribution >= 0.6 is 0 Å². The molecule has 1 aliphatic heterocycles. The SMILES string of the molecule is Nc1nc(=O)n([C@H]2C[C@@H](O)[C@@H](CO)O2)cc1C#Cc1ccc(-c2ccccn2)nc1. The van der Waals surface area contributed by atoms with Crippen LogP contribution in [0, 0.1) is 11.8 Å². The highest BCUT2D eigenvalue weighted by Crippen LogP contribution is 2.27. The first-order valence-corrected chi connectivity index (χ1v) is 9.27. The monoisotopic (exact) mass is 405 g/mol. The molecule has 9 heteroatoms. The fourth-order valence-electron chi connectivity index (χ4n) is 3.11. The molecule has 0 aromatic carbocycles. The first kappa shape index (κ1) is 19.7. The minimum absolute atomic E-state index is 0.000863. The van der Waals surface area contributed by atoms with E-state index in [9.17, 15) is 15.0 Å². The molecule has 1 aliphatic rings. The van der Waals surface area contributed by atoms with E-state index in [1.165, 1.54) is 10.8 Å². The number of hydrogen-bond donors (Lipinski definition) is 3. The Hall–Kier alpha value is -3.58. The molecule has 9 nitrogen and oxygen atoms in total. The van der Waals surface area contributed by atoms with Crippen molar-refractivity contribution in [3.05, 3.63) is 70.5 Å². The summed E-state index contributed by atoms with van der Waals surface area (Å²) in [5.74, 6) is 5.84. The molecule has 4 heterocycles. The Bertz CT molecular complexity index is 1150. The van der Waals surface area contributed by atoms with Gasteiger partial charge in [0.15, 0.2) is 0 Å². The second-order valence-electron chi connectivity index (χ2n) is 6.74. The predicted molar refractivity (Wildman–Crippen MR) is 108 cm³/mol. The number of pyridine rings is 2. The number of rotatable bonds is 3. The predicted octanol–water partition coefficient (Wildman–Crippen LogP) is 0.323. The van der Waals surface area contributed by atoms with Crippen LogP contribution in [0.15, 0.2) is 53.7 Å². The summed E-state index contributed by atoms with van der Waals surface area (Å²) in [4.78, 5) is 24.6. The average Bonchev–Trinajstić information content (AvgIpc) is 3.14. The number of nitrogens with two attached hydrogens (primary N) is 1. The van der Waals surface area contributed by atoms with Gasteiger partial charge < -0.3 is 20.7 Å². The Morgan fingerprint density at radius 3 is 2.70 bits per heavy atom. The fourth-order valence-corrected chi connectivity index (χ4v) is 3.11. The maximum atomic E-state index is 12.2. The molecule has 3 atom stereocenters. The number of nitrogens with zero attached hydrogens (tertiary/aromatic N) is 4. The first-order valence-electron chi connectivity index (χ1n) is 9.27. The zero-order valence-electron chi connectivity index (χ0n) is 15.8. The van der Waals surface area contributed by atoms with Crippen LogP contribution in [0.25, 0.3) is 11.4 Å². The summed E-state index contributed by atoms with van der Waals surface area (Å²) in [7, 11) is 0. The van der Waals surface area contributed by atoms with Gasteiger partial charge in [-0.15, -0.1) is 0 Å². The van der Waals surface area contributed by atoms with Gasteiger partial charge in [0.2, 0.25) is 0 Å². The van der Waals surface area contributed by atoms with Crippen LogP contribution in [0.4, 0.5) is 5.82 Å². The van der Waals surface area contributed by atoms with Gasteiger partial charge in [0.1, 0.15) is 18.1 Å². The molecule has 4 N–H and O–H groups in total.